The van der Waals surface area contributed by atoms with E-state index in [1.165, 1.54) is 0 Å². The van der Waals surface area contributed by atoms with Crippen LogP contribution in [0.25, 0.3) is 0 Å². The predicted octanol–water partition coefficient (Wildman–Crippen LogP) is 1.27. The summed E-state index contributed by atoms with van der Waals surface area (Å²) < 4.78 is 0. The van der Waals surface area contributed by atoms with Crippen LogP contribution in [0.2, 0.25) is 0 Å². The monoisotopic (exact) mass is 223 g/mol. The molecule has 5 heteroatoms. The first kappa shape index (κ1) is 12.7. The van der Waals surface area contributed by atoms with E-state index in [1.54, 1.807) is 6.33 Å². The van der Waals surface area contributed by atoms with E-state index in [0.29, 0.717) is 6.04 Å². The van der Waals surface area contributed by atoms with Crippen LogP contribution >= 0.6 is 0 Å². The average molecular weight is 223 g/mol. The van der Waals surface area contributed by atoms with Gasteiger partial charge < -0.3 is 15.5 Å². The molecule has 0 aliphatic carbocycles. The van der Waals surface area contributed by atoms with Crippen molar-refractivity contribution in [3.63, 3.8) is 0 Å². The molecule has 0 aromatic carbocycles. The molecule has 5 nitrogen and oxygen atoms in total. The van der Waals surface area contributed by atoms with Gasteiger partial charge in [-0.3, -0.25) is 0 Å². The van der Waals surface area contributed by atoms with Crippen LogP contribution in [0.5, 0.6) is 0 Å². The van der Waals surface area contributed by atoms with Crippen molar-refractivity contribution in [2.24, 2.45) is 0 Å². The number of hydrogen-bond acceptors (Lipinski definition) is 5. The predicted molar refractivity (Wildman–Crippen MR) is 67.8 cm³/mol. The van der Waals surface area contributed by atoms with Crippen molar-refractivity contribution in [2.45, 2.75) is 19.9 Å². The molecule has 16 heavy (non-hydrogen) atoms. The van der Waals surface area contributed by atoms with Crippen LogP contribution in [0.3, 0.4) is 0 Å². The van der Waals surface area contributed by atoms with Crippen LogP contribution in [0.15, 0.2) is 12.4 Å². The van der Waals surface area contributed by atoms with Crippen LogP contribution in [-0.4, -0.2) is 48.1 Å². The van der Waals surface area contributed by atoms with Crippen LogP contribution in [-0.2, 0) is 0 Å². The van der Waals surface area contributed by atoms with Gasteiger partial charge >= 0.3 is 0 Å². The topological polar surface area (TPSA) is 53.1 Å². The fourth-order valence-corrected chi connectivity index (χ4v) is 1.56. The molecular weight excluding hydrogens is 202 g/mol. The van der Waals surface area contributed by atoms with Crippen molar-refractivity contribution in [1.82, 2.24) is 14.9 Å². The molecule has 0 spiro atoms. The molecule has 0 aliphatic rings. The van der Waals surface area contributed by atoms with Gasteiger partial charge in [0.2, 0.25) is 0 Å². The number of rotatable bonds is 6. The van der Waals surface area contributed by atoms with Crippen molar-refractivity contribution in [2.75, 3.05) is 37.8 Å². The average Bonchev–Trinajstić information content (AvgIpc) is 2.17. The van der Waals surface area contributed by atoms with Crippen molar-refractivity contribution in [3.8, 4) is 0 Å². The highest BCUT2D eigenvalue weighted by atomic mass is 15.1. The molecule has 0 bridgehead atoms. The lowest BCUT2D eigenvalue weighted by Gasteiger charge is -2.18. The SMILES string of the molecule is CCNc1cc(NC(C)CN(C)C)ncn1. The summed E-state index contributed by atoms with van der Waals surface area (Å²) in [6.45, 7) is 6.02. The number of aromatic nitrogens is 2. The second-order valence-corrected chi connectivity index (χ2v) is 4.13. The summed E-state index contributed by atoms with van der Waals surface area (Å²) in [7, 11) is 4.12. The maximum Gasteiger partial charge on any atom is 0.131 e. The number of anilines is 2. The highest BCUT2D eigenvalue weighted by Gasteiger charge is 2.04. The molecule has 1 unspecified atom stereocenters. The minimum atomic E-state index is 0.361. The largest absolute Gasteiger partial charge is 0.370 e. The Morgan fingerprint density at radius 1 is 1.31 bits per heavy atom. The van der Waals surface area contributed by atoms with E-state index in [1.807, 2.05) is 13.0 Å². The van der Waals surface area contributed by atoms with E-state index in [9.17, 15) is 0 Å². The highest BCUT2D eigenvalue weighted by molar-refractivity contribution is 5.46. The van der Waals surface area contributed by atoms with Crippen molar-refractivity contribution in [1.29, 1.82) is 0 Å². The summed E-state index contributed by atoms with van der Waals surface area (Å²) in [5, 5.41) is 6.50. The Morgan fingerprint density at radius 2 is 2.00 bits per heavy atom. The van der Waals surface area contributed by atoms with Gasteiger partial charge in [-0.2, -0.15) is 0 Å². The van der Waals surface area contributed by atoms with Gasteiger partial charge in [0.25, 0.3) is 0 Å². The summed E-state index contributed by atoms with van der Waals surface area (Å²) in [5.74, 6) is 1.72. The summed E-state index contributed by atoms with van der Waals surface area (Å²) >= 11 is 0. The first-order valence-electron chi connectivity index (χ1n) is 5.59. The molecule has 0 aliphatic heterocycles. The van der Waals surface area contributed by atoms with Gasteiger partial charge in [-0.25, -0.2) is 9.97 Å². The maximum absolute atomic E-state index is 4.19. The molecule has 0 saturated carbocycles. The molecule has 1 atom stereocenters. The first-order valence-corrected chi connectivity index (χ1v) is 5.59. The van der Waals surface area contributed by atoms with Crippen LogP contribution < -0.4 is 10.6 Å². The number of nitrogens with one attached hydrogen (secondary N) is 2. The van der Waals surface area contributed by atoms with Gasteiger partial charge in [0.1, 0.15) is 18.0 Å². The van der Waals surface area contributed by atoms with Gasteiger partial charge in [-0.15, -0.1) is 0 Å². The quantitative estimate of drug-likeness (QED) is 0.760. The highest BCUT2D eigenvalue weighted by Crippen LogP contribution is 2.09. The molecule has 90 valence electrons. The van der Waals surface area contributed by atoms with Gasteiger partial charge in [-0.1, -0.05) is 0 Å². The third-order valence-electron chi connectivity index (χ3n) is 2.06. The van der Waals surface area contributed by atoms with Gasteiger partial charge in [-0.05, 0) is 27.9 Å². The number of likely N-dealkylation sites (N-methyl/N-ethyl adjacent to an activating group) is 1. The molecule has 1 aromatic heterocycles. The Hall–Kier alpha value is -1.36. The van der Waals surface area contributed by atoms with E-state index in [2.05, 4.69) is 46.5 Å². The second kappa shape index (κ2) is 6.27. The smallest absolute Gasteiger partial charge is 0.131 e. The van der Waals surface area contributed by atoms with Gasteiger partial charge in [0.05, 0.1) is 0 Å². The summed E-state index contributed by atoms with van der Waals surface area (Å²) in [5.41, 5.74) is 0. The summed E-state index contributed by atoms with van der Waals surface area (Å²) in [6, 6.07) is 2.29. The molecule has 0 amide bonds. The molecule has 1 heterocycles. The minimum Gasteiger partial charge on any atom is -0.370 e. The van der Waals surface area contributed by atoms with E-state index in [0.717, 1.165) is 24.7 Å². The van der Waals surface area contributed by atoms with E-state index in [4.69, 9.17) is 0 Å². The fraction of sp³-hybridized carbons (Fsp3) is 0.636. The third kappa shape index (κ3) is 4.44. The Bertz CT molecular complexity index is 313. The second-order valence-electron chi connectivity index (χ2n) is 4.13. The molecule has 1 aromatic rings. The zero-order chi connectivity index (χ0) is 12.0. The normalized spacial score (nSPS) is 12.6. The molecule has 1 rings (SSSR count). The van der Waals surface area contributed by atoms with Crippen LogP contribution in [0.4, 0.5) is 11.6 Å². The number of hydrogen-bond donors (Lipinski definition) is 2. The summed E-state index contributed by atoms with van der Waals surface area (Å²) in [4.78, 5) is 10.5. The number of nitrogens with zero attached hydrogens (tertiary/aromatic N) is 3. The van der Waals surface area contributed by atoms with Crippen molar-refractivity contribution >= 4 is 11.6 Å². The Labute approximate surface area is 97.3 Å². The lowest BCUT2D eigenvalue weighted by molar-refractivity contribution is 0.392. The molecular formula is C11H21N5. The lowest BCUT2D eigenvalue weighted by Crippen LogP contribution is -2.29. The van der Waals surface area contributed by atoms with Gasteiger partial charge in [0.15, 0.2) is 0 Å². The van der Waals surface area contributed by atoms with E-state index in [-0.39, 0.29) is 0 Å². The minimum absolute atomic E-state index is 0.361. The van der Waals surface area contributed by atoms with E-state index < -0.39 is 0 Å². The zero-order valence-corrected chi connectivity index (χ0v) is 10.5. The first-order chi connectivity index (χ1) is 7.61. The molecule has 0 radical (unpaired) electrons. The molecule has 0 fully saturated rings. The Balaban J connectivity index is 2.55. The maximum atomic E-state index is 4.19. The van der Waals surface area contributed by atoms with Crippen molar-refractivity contribution < 1.29 is 0 Å². The Morgan fingerprint density at radius 3 is 2.62 bits per heavy atom. The van der Waals surface area contributed by atoms with Gasteiger partial charge in [0, 0.05) is 25.2 Å². The Kier molecular flexibility index (Phi) is 4.98. The molecule has 2 N–H and O–H groups in total. The molecule has 0 saturated heterocycles. The van der Waals surface area contributed by atoms with Crippen LogP contribution in [0.1, 0.15) is 13.8 Å². The lowest BCUT2D eigenvalue weighted by atomic mass is 10.3. The fourth-order valence-electron chi connectivity index (χ4n) is 1.56. The summed E-state index contributed by atoms with van der Waals surface area (Å²) in [6.07, 6.45) is 1.57. The van der Waals surface area contributed by atoms with E-state index >= 15 is 0 Å². The third-order valence-corrected chi connectivity index (χ3v) is 2.06. The van der Waals surface area contributed by atoms with Crippen molar-refractivity contribution in [3.05, 3.63) is 12.4 Å². The zero-order valence-electron chi connectivity index (χ0n) is 10.5. The van der Waals surface area contributed by atoms with Crippen LogP contribution in [0, 0.1) is 0 Å². The standard InChI is InChI=1S/C11H21N5/c1-5-12-10-6-11(14-8-13-10)15-9(2)7-16(3)4/h6,8-9H,5,7H2,1-4H3,(H2,12,13,14,15).